The lowest BCUT2D eigenvalue weighted by molar-refractivity contribution is -0.123. The van der Waals surface area contributed by atoms with Gasteiger partial charge in [0.2, 0.25) is 5.91 Å². The second-order valence-corrected chi connectivity index (χ2v) is 5.48. The van der Waals surface area contributed by atoms with Crippen molar-refractivity contribution in [3.63, 3.8) is 0 Å². The monoisotopic (exact) mass is 295 g/mol. The van der Waals surface area contributed by atoms with Crippen molar-refractivity contribution in [1.82, 2.24) is 5.32 Å². The predicted octanol–water partition coefficient (Wildman–Crippen LogP) is 2.97. The van der Waals surface area contributed by atoms with E-state index < -0.39 is 0 Å². The molecule has 0 aromatic heterocycles. The summed E-state index contributed by atoms with van der Waals surface area (Å²) in [4.78, 5) is 12.0. The second-order valence-electron chi connectivity index (χ2n) is 4.92. The Morgan fingerprint density at radius 2 is 2.12 bits per heavy atom. The molecule has 0 unspecified atom stereocenters. The van der Waals surface area contributed by atoms with Gasteiger partial charge in [-0.05, 0) is 37.3 Å². The third kappa shape index (κ3) is 2.89. The maximum Gasteiger partial charge on any atom is 0.224 e. The lowest BCUT2D eigenvalue weighted by Crippen LogP contribution is -2.55. The fourth-order valence-electron chi connectivity index (χ4n) is 2.22. The van der Waals surface area contributed by atoms with Crippen LogP contribution >= 0.6 is 15.9 Å². The lowest BCUT2D eigenvalue weighted by Gasteiger charge is -2.41. The van der Waals surface area contributed by atoms with Gasteiger partial charge in [0.05, 0.1) is 6.42 Å². The van der Waals surface area contributed by atoms with Crippen molar-refractivity contribution in [3.8, 4) is 0 Å². The van der Waals surface area contributed by atoms with Crippen molar-refractivity contribution in [2.45, 2.75) is 38.1 Å². The standard InChI is InChI=1S/C14H18BrNO/c1-11-5-2-3-6-12(11)9-13(17)16-14(10-15)7-4-8-14/h2-3,5-6H,4,7-10H2,1H3,(H,16,17). The summed E-state index contributed by atoms with van der Waals surface area (Å²) >= 11 is 3.50. The number of hydrogen-bond donors (Lipinski definition) is 1. The van der Waals surface area contributed by atoms with Gasteiger partial charge in [0.1, 0.15) is 0 Å². The molecule has 2 nitrogen and oxygen atoms in total. The summed E-state index contributed by atoms with van der Waals surface area (Å²) in [5, 5.41) is 4.03. The zero-order chi connectivity index (χ0) is 12.3. The third-order valence-electron chi connectivity index (χ3n) is 3.58. The largest absolute Gasteiger partial charge is 0.350 e. The van der Waals surface area contributed by atoms with Crippen LogP contribution in [0.1, 0.15) is 30.4 Å². The number of hydrogen-bond acceptors (Lipinski definition) is 1. The number of alkyl halides is 1. The Hall–Kier alpha value is -0.830. The van der Waals surface area contributed by atoms with Gasteiger partial charge in [0, 0.05) is 10.9 Å². The average Bonchev–Trinajstić information content (AvgIpc) is 2.27. The number of halogens is 1. The fourth-order valence-corrected chi connectivity index (χ4v) is 2.92. The maximum atomic E-state index is 12.0. The van der Waals surface area contributed by atoms with E-state index in [1.165, 1.54) is 12.0 Å². The van der Waals surface area contributed by atoms with Crippen molar-refractivity contribution in [2.75, 3.05) is 5.33 Å². The third-order valence-corrected chi connectivity index (χ3v) is 4.66. The van der Waals surface area contributed by atoms with Gasteiger partial charge < -0.3 is 5.32 Å². The van der Waals surface area contributed by atoms with Crippen molar-refractivity contribution in [2.24, 2.45) is 0 Å². The molecule has 0 bridgehead atoms. The fraction of sp³-hybridized carbons (Fsp3) is 0.500. The minimum atomic E-state index is 0.0275. The summed E-state index contributed by atoms with van der Waals surface area (Å²) in [7, 11) is 0. The van der Waals surface area contributed by atoms with E-state index in [9.17, 15) is 4.79 Å². The number of carbonyl (C=O) groups excluding carboxylic acids is 1. The van der Waals surface area contributed by atoms with Gasteiger partial charge in [-0.1, -0.05) is 40.2 Å². The van der Waals surface area contributed by atoms with E-state index in [0.717, 1.165) is 23.7 Å². The van der Waals surface area contributed by atoms with E-state index in [4.69, 9.17) is 0 Å². The molecule has 0 heterocycles. The van der Waals surface area contributed by atoms with E-state index in [0.29, 0.717) is 6.42 Å². The smallest absolute Gasteiger partial charge is 0.224 e. The molecule has 1 aromatic rings. The Balaban J connectivity index is 1.96. The normalized spacial score (nSPS) is 17.3. The highest BCUT2D eigenvalue weighted by molar-refractivity contribution is 9.09. The lowest BCUT2D eigenvalue weighted by atomic mass is 9.78. The van der Waals surface area contributed by atoms with Gasteiger partial charge in [-0.3, -0.25) is 4.79 Å². The van der Waals surface area contributed by atoms with Gasteiger partial charge in [0.25, 0.3) is 0 Å². The molecule has 1 aliphatic carbocycles. The van der Waals surface area contributed by atoms with E-state index in [1.807, 2.05) is 31.2 Å². The van der Waals surface area contributed by atoms with Gasteiger partial charge in [0.15, 0.2) is 0 Å². The number of amides is 1. The molecule has 0 saturated heterocycles. The Bertz CT molecular complexity index is 407. The van der Waals surface area contributed by atoms with Crippen molar-refractivity contribution in [3.05, 3.63) is 35.4 Å². The van der Waals surface area contributed by atoms with Crippen molar-refractivity contribution < 1.29 is 4.79 Å². The van der Waals surface area contributed by atoms with Crippen LogP contribution in [0, 0.1) is 6.92 Å². The Labute approximate surface area is 111 Å². The summed E-state index contributed by atoms with van der Waals surface area (Å²) in [6, 6.07) is 8.06. The molecule has 0 spiro atoms. The van der Waals surface area contributed by atoms with Crippen LogP contribution in [-0.4, -0.2) is 16.8 Å². The van der Waals surface area contributed by atoms with Crippen LogP contribution in [0.15, 0.2) is 24.3 Å². The van der Waals surface area contributed by atoms with E-state index >= 15 is 0 Å². The summed E-state index contributed by atoms with van der Waals surface area (Å²) in [5.41, 5.74) is 2.33. The zero-order valence-electron chi connectivity index (χ0n) is 10.1. The molecule has 1 N–H and O–H groups in total. The van der Waals surface area contributed by atoms with Gasteiger partial charge >= 0.3 is 0 Å². The molecule has 1 amide bonds. The highest BCUT2D eigenvalue weighted by Crippen LogP contribution is 2.33. The summed E-state index contributed by atoms with van der Waals surface area (Å²) < 4.78 is 0. The molecular formula is C14H18BrNO. The molecule has 1 fully saturated rings. The van der Waals surface area contributed by atoms with Gasteiger partial charge in [-0.15, -0.1) is 0 Å². The van der Waals surface area contributed by atoms with Gasteiger partial charge in [-0.2, -0.15) is 0 Å². The van der Waals surface area contributed by atoms with Crippen molar-refractivity contribution >= 4 is 21.8 Å². The first-order valence-corrected chi connectivity index (χ1v) is 7.19. The Morgan fingerprint density at radius 1 is 1.41 bits per heavy atom. The van der Waals surface area contributed by atoms with Crippen LogP contribution in [0.5, 0.6) is 0 Å². The van der Waals surface area contributed by atoms with Crippen LogP contribution in [0.2, 0.25) is 0 Å². The van der Waals surface area contributed by atoms with Crippen LogP contribution < -0.4 is 5.32 Å². The molecule has 0 atom stereocenters. The van der Waals surface area contributed by atoms with Crippen molar-refractivity contribution in [1.29, 1.82) is 0 Å². The molecule has 92 valence electrons. The molecule has 3 heteroatoms. The van der Waals surface area contributed by atoms with E-state index in [-0.39, 0.29) is 11.4 Å². The second kappa shape index (κ2) is 5.21. The predicted molar refractivity (Wildman–Crippen MR) is 73.4 cm³/mol. The highest BCUT2D eigenvalue weighted by atomic mass is 79.9. The number of aryl methyl sites for hydroxylation is 1. The average molecular weight is 296 g/mol. The molecule has 1 aromatic carbocycles. The minimum Gasteiger partial charge on any atom is -0.350 e. The molecular weight excluding hydrogens is 278 g/mol. The molecule has 1 saturated carbocycles. The summed E-state index contributed by atoms with van der Waals surface area (Å²) in [6.45, 7) is 2.05. The molecule has 2 rings (SSSR count). The minimum absolute atomic E-state index is 0.0275. The Morgan fingerprint density at radius 3 is 2.65 bits per heavy atom. The van der Waals surface area contributed by atoms with Crippen LogP contribution in [0.25, 0.3) is 0 Å². The SMILES string of the molecule is Cc1ccccc1CC(=O)NC1(CBr)CCC1. The zero-order valence-corrected chi connectivity index (χ0v) is 11.7. The molecule has 0 radical (unpaired) electrons. The quantitative estimate of drug-likeness (QED) is 0.850. The van der Waals surface area contributed by atoms with E-state index in [1.54, 1.807) is 0 Å². The first kappa shape index (κ1) is 12.6. The first-order valence-electron chi connectivity index (χ1n) is 6.07. The number of rotatable bonds is 4. The highest BCUT2D eigenvalue weighted by Gasteiger charge is 2.37. The molecule has 17 heavy (non-hydrogen) atoms. The van der Waals surface area contributed by atoms with Crippen LogP contribution in [0.3, 0.4) is 0 Å². The molecule has 1 aliphatic rings. The number of nitrogens with one attached hydrogen (secondary N) is 1. The van der Waals surface area contributed by atoms with Crippen LogP contribution in [0.4, 0.5) is 0 Å². The first-order chi connectivity index (χ1) is 8.15. The maximum absolute atomic E-state index is 12.0. The van der Waals surface area contributed by atoms with E-state index in [2.05, 4.69) is 21.2 Å². The topological polar surface area (TPSA) is 29.1 Å². The van der Waals surface area contributed by atoms with Gasteiger partial charge in [-0.25, -0.2) is 0 Å². The summed E-state index contributed by atoms with van der Waals surface area (Å²) in [5.74, 6) is 0.137. The number of carbonyl (C=O) groups is 1. The van der Waals surface area contributed by atoms with Crippen LogP contribution in [-0.2, 0) is 11.2 Å². The summed E-state index contributed by atoms with van der Waals surface area (Å²) in [6.07, 6.45) is 3.90. The Kier molecular flexibility index (Phi) is 3.87. The molecule has 0 aliphatic heterocycles. The number of benzene rings is 1.